The van der Waals surface area contributed by atoms with Gasteiger partial charge in [0.25, 0.3) is 5.91 Å². The highest BCUT2D eigenvalue weighted by Crippen LogP contribution is 2.45. The Kier molecular flexibility index (Phi) is 10.2. The molecule has 3 heterocycles. The standard InChI is InChI=1S/C37H47N5O8S/c1-5-25-21-37(25,34(45)41-51(47,48)27-16-17-27)40-31(43)29-20-26-22-42(29)33(44)30(36(2,3)4)39-35(46)49-18-12-8-6-7-9-14-24-19-23-13-10-11-15-28(23)38-32(24)50-26/h5,9-11,13-15,19,25-27,29-30H,1,6-8,12,16-18,20-22H2,2-4H3,(H,39,46)(H,40,43)(H,41,45)/b14-9+/t25-,26+,29-,30+,37-/m0/s1. The molecular weight excluding hydrogens is 675 g/mol. The van der Waals surface area contributed by atoms with Crippen LogP contribution in [0.25, 0.3) is 17.0 Å². The summed E-state index contributed by atoms with van der Waals surface area (Å²) in [5.41, 5.74) is -0.842. The molecule has 2 saturated carbocycles. The number of benzene rings is 1. The lowest BCUT2D eigenvalue weighted by molar-refractivity contribution is -0.142. The number of rotatable bonds is 6. The molecule has 14 heteroatoms. The third-order valence-electron chi connectivity index (χ3n) is 10.0. The summed E-state index contributed by atoms with van der Waals surface area (Å²) in [7, 11) is -3.89. The van der Waals surface area contributed by atoms with E-state index in [1.54, 1.807) is 20.8 Å². The van der Waals surface area contributed by atoms with Gasteiger partial charge in [0.15, 0.2) is 0 Å². The molecule has 3 N–H and O–H groups in total. The third kappa shape index (κ3) is 8.05. The Labute approximate surface area is 298 Å². The average Bonchev–Trinajstić information content (AvgIpc) is 4.00. The minimum absolute atomic E-state index is 0.0158. The zero-order valence-electron chi connectivity index (χ0n) is 29.4. The van der Waals surface area contributed by atoms with Crippen LogP contribution in [0.4, 0.5) is 4.79 Å². The van der Waals surface area contributed by atoms with Crippen molar-refractivity contribution in [3.63, 3.8) is 0 Å². The Morgan fingerprint density at radius 2 is 1.90 bits per heavy atom. The van der Waals surface area contributed by atoms with Crippen molar-refractivity contribution in [2.45, 2.75) is 101 Å². The second-order valence-electron chi connectivity index (χ2n) is 15.1. The van der Waals surface area contributed by atoms with Crippen LogP contribution in [0.3, 0.4) is 0 Å². The monoisotopic (exact) mass is 721 g/mol. The minimum Gasteiger partial charge on any atom is -0.472 e. The number of hydrogen-bond donors (Lipinski definition) is 3. The number of carbonyl (C=O) groups is 4. The van der Waals surface area contributed by atoms with Crippen LogP contribution in [-0.2, 0) is 29.1 Å². The van der Waals surface area contributed by atoms with Gasteiger partial charge in [0.05, 0.1) is 23.9 Å². The number of aromatic nitrogens is 1. The number of nitrogens with zero attached hydrogens (tertiary/aromatic N) is 2. The van der Waals surface area contributed by atoms with Crippen molar-refractivity contribution in [1.29, 1.82) is 0 Å². The zero-order chi connectivity index (χ0) is 36.6. The third-order valence-corrected chi connectivity index (χ3v) is 11.8. The summed E-state index contributed by atoms with van der Waals surface area (Å²) in [5.74, 6) is -2.16. The number of pyridine rings is 1. The van der Waals surface area contributed by atoms with E-state index < -0.39 is 74.1 Å². The first-order valence-corrected chi connectivity index (χ1v) is 19.2. The highest BCUT2D eigenvalue weighted by Gasteiger charge is 2.62. The number of alkyl carbamates (subject to hydrolysis) is 1. The molecular formula is C37H47N5O8S. The lowest BCUT2D eigenvalue weighted by atomic mass is 9.85. The maximum atomic E-state index is 14.4. The number of sulfonamides is 1. The molecule has 4 amide bonds. The second kappa shape index (κ2) is 14.3. The quantitative estimate of drug-likeness (QED) is 0.373. The SMILES string of the molecule is C=C[C@H]1C[C@@]1(NC(=O)[C@@H]1C[C@@H]2CN1C(=O)[C@H](C(C)(C)C)NC(=O)OCCCCC/C=C/c1cc3ccccc3nc1O2)C(=O)NS(=O)(=O)C1CC1. The Balaban J connectivity index is 1.33. The number of nitrogens with one attached hydrogen (secondary N) is 3. The fraction of sp³-hybridized carbons (Fsp3) is 0.541. The summed E-state index contributed by atoms with van der Waals surface area (Å²) in [6.07, 6.45) is 8.39. The molecule has 0 unspecified atom stereocenters. The molecule has 2 bridgehead atoms. The van der Waals surface area contributed by atoms with Crippen LogP contribution in [0, 0.1) is 11.3 Å². The molecule has 5 atom stereocenters. The summed E-state index contributed by atoms with van der Waals surface area (Å²) in [4.78, 5) is 61.3. The van der Waals surface area contributed by atoms with Gasteiger partial charge in [0, 0.05) is 23.3 Å². The van der Waals surface area contributed by atoms with Crippen LogP contribution < -0.4 is 20.1 Å². The molecule has 3 fully saturated rings. The highest BCUT2D eigenvalue weighted by molar-refractivity contribution is 7.91. The van der Waals surface area contributed by atoms with Gasteiger partial charge < -0.3 is 25.0 Å². The molecule has 51 heavy (non-hydrogen) atoms. The van der Waals surface area contributed by atoms with Gasteiger partial charge in [0.2, 0.25) is 27.7 Å². The number of allylic oxidation sites excluding steroid dienone is 1. The van der Waals surface area contributed by atoms with E-state index in [1.807, 2.05) is 42.5 Å². The van der Waals surface area contributed by atoms with Crippen LogP contribution in [0.15, 0.2) is 49.1 Å². The first-order chi connectivity index (χ1) is 24.2. The van der Waals surface area contributed by atoms with Gasteiger partial charge in [-0.2, -0.15) is 0 Å². The van der Waals surface area contributed by atoms with Crippen molar-refractivity contribution < 1.29 is 37.1 Å². The summed E-state index contributed by atoms with van der Waals surface area (Å²) < 4.78 is 39.5. The molecule has 2 aliphatic carbocycles. The van der Waals surface area contributed by atoms with Crippen LogP contribution in [0.5, 0.6) is 5.88 Å². The fourth-order valence-electron chi connectivity index (χ4n) is 6.77. The normalized spacial score (nSPS) is 28.2. The van der Waals surface area contributed by atoms with Crippen molar-refractivity contribution in [3.8, 4) is 5.88 Å². The molecule has 13 nitrogen and oxygen atoms in total. The Morgan fingerprint density at radius 3 is 2.61 bits per heavy atom. The number of ether oxygens (including phenoxy) is 2. The molecule has 1 saturated heterocycles. The molecule has 1 aromatic carbocycles. The Bertz CT molecular complexity index is 1850. The molecule has 2 aliphatic heterocycles. The molecule has 274 valence electrons. The maximum Gasteiger partial charge on any atom is 0.407 e. The van der Waals surface area contributed by atoms with Gasteiger partial charge in [-0.25, -0.2) is 18.2 Å². The Morgan fingerprint density at radius 1 is 1.14 bits per heavy atom. The zero-order valence-corrected chi connectivity index (χ0v) is 30.2. The highest BCUT2D eigenvalue weighted by atomic mass is 32.2. The van der Waals surface area contributed by atoms with E-state index in [2.05, 4.69) is 21.9 Å². The largest absolute Gasteiger partial charge is 0.472 e. The molecule has 4 aliphatic rings. The second-order valence-corrected chi connectivity index (χ2v) is 17.0. The first-order valence-electron chi connectivity index (χ1n) is 17.7. The predicted octanol–water partition coefficient (Wildman–Crippen LogP) is 3.98. The minimum atomic E-state index is -3.89. The van der Waals surface area contributed by atoms with Crippen molar-refractivity contribution in [1.82, 2.24) is 25.2 Å². The lowest BCUT2D eigenvalue weighted by Gasteiger charge is -2.35. The number of hydrogen-bond acceptors (Lipinski definition) is 9. The van der Waals surface area contributed by atoms with Gasteiger partial charge in [-0.15, -0.1) is 6.58 Å². The molecule has 0 radical (unpaired) electrons. The van der Waals surface area contributed by atoms with Crippen LogP contribution in [-0.4, -0.2) is 84.2 Å². The van der Waals surface area contributed by atoms with Crippen LogP contribution in [0.2, 0.25) is 0 Å². The summed E-state index contributed by atoms with van der Waals surface area (Å²) in [6, 6.07) is 7.47. The molecule has 6 rings (SSSR count). The van der Waals surface area contributed by atoms with Crippen LogP contribution >= 0.6 is 0 Å². The van der Waals surface area contributed by atoms with E-state index in [0.29, 0.717) is 25.1 Å². The van der Waals surface area contributed by atoms with Crippen molar-refractivity contribution in [3.05, 3.63) is 54.6 Å². The first kappa shape index (κ1) is 36.3. The summed E-state index contributed by atoms with van der Waals surface area (Å²) in [5, 5.41) is 5.84. The van der Waals surface area contributed by atoms with Gasteiger partial charge in [-0.3, -0.25) is 19.1 Å². The van der Waals surface area contributed by atoms with E-state index in [9.17, 15) is 27.6 Å². The smallest absolute Gasteiger partial charge is 0.407 e. The number of para-hydroxylation sites is 1. The predicted molar refractivity (Wildman–Crippen MR) is 191 cm³/mol. The fourth-order valence-corrected chi connectivity index (χ4v) is 8.13. The van der Waals surface area contributed by atoms with E-state index in [4.69, 9.17) is 14.5 Å². The van der Waals surface area contributed by atoms with Crippen molar-refractivity contribution in [2.24, 2.45) is 11.3 Å². The van der Waals surface area contributed by atoms with Gasteiger partial charge in [-0.1, -0.05) is 57.2 Å². The van der Waals surface area contributed by atoms with Gasteiger partial charge in [0.1, 0.15) is 23.7 Å². The van der Waals surface area contributed by atoms with E-state index in [1.165, 1.54) is 11.0 Å². The maximum absolute atomic E-state index is 14.4. The van der Waals surface area contributed by atoms with Crippen molar-refractivity contribution in [2.75, 3.05) is 13.2 Å². The Hall–Kier alpha value is -4.46. The molecule has 0 spiro atoms. The topological polar surface area (TPSA) is 173 Å². The summed E-state index contributed by atoms with van der Waals surface area (Å²) >= 11 is 0. The molecule has 2 aromatic rings. The van der Waals surface area contributed by atoms with E-state index in [-0.39, 0.29) is 26.0 Å². The number of cyclic esters (lactones) is 1. The molecule has 1 aromatic heterocycles. The number of amides is 4. The number of carbonyl (C=O) groups excluding carboxylic acids is 4. The lowest BCUT2D eigenvalue weighted by Crippen LogP contribution is -2.60. The average molecular weight is 722 g/mol. The number of fused-ring (bicyclic) bond motifs is 4. The van der Waals surface area contributed by atoms with E-state index in [0.717, 1.165) is 35.7 Å². The van der Waals surface area contributed by atoms with Crippen LogP contribution in [0.1, 0.15) is 77.7 Å². The summed E-state index contributed by atoms with van der Waals surface area (Å²) in [6.45, 7) is 9.36. The van der Waals surface area contributed by atoms with Crippen molar-refractivity contribution >= 4 is 50.8 Å². The van der Waals surface area contributed by atoms with E-state index >= 15 is 0 Å². The van der Waals surface area contributed by atoms with Gasteiger partial charge >= 0.3 is 6.09 Å². The van der Waals surface area contributed by atoms with Gasteiger partial charge in [-0.05, 0) is 62.5 Å².